The Kier molecular flexibility index (Phi) is 9.83. The Morgan fingerprint density at radius 3 is 1.45 bits per heavy atom. The van der Waals surface area contributed by atoms with E-state index in [1.807, 2.05) is 10.8 Å². The summed E-state index contributed by atoms with van der Waals surface area (Å²) in [7, 11) is 0. The highest BCUT2D eigenvalue weighted by atomic mass is 32.1. The van der Waals surface area contributed by atoms with E-state index in [1.165, 1.54) is 22.7 Å². The molecule has 2 aromatic carbocycles. The van der Waals surface area contributed by atoms with Crippen LogP contribution < -0.4 is 20.1 Å². The average molecular weight is 551 g/mol. The summed E-state index contributed by atoms with van der Waals surface area (Å²) in [6.45, 7) is 5.54. The largest absolute Gasteiger partial charge is 0.494 e. The molecule has 0 fully saturated rings. The molecule has 0 aliphatic carbocycles. The zero-order chi connectivity index (χ0) is 26.7. The van der Waals surface area contributed by atoms with Crippen LogP contribution in [0.5, 0.6) is 11.5 Å². The first-order valence-corrected chi connectivity index (χ1v) is 14.3. The number of ether oxygens (including phenoxy) is 2. The Labute approximate surface area is 230 Å². The van der Waals surface area contributed by atoms with Crippen molar-refractivity contribution in [3.05, 3.63) is 70.4 Å². The lowest BCUT2D eigenvalue weighted by Crippen LogP contribution is -2.11. The van der Waals surface area contributed by atoms with Gasteiger partial charge in [-0.15, -0.1) is 22.7 Å². The van der Waals surface area contributed by atoms with Gasteiger partial charge < -0.3 is 9.47 Å². The molecule has 0 aliphatic rings. The van der Waals surface area contributed by atoms with Gasteiger partial charge in [0.2, 0.25) is 0 Å². The molecule has 0 atom stereocenters. The topological polar surface area (TPSA) is 102 Å². The predicted molar refractivity (Wildman–Crippen MR) is 153 cm³/mol. The number of anilines is 2. The van der Waals surface area contributed by atoms with Gasteiger partial charge in [-0.05, 0) is 61.4 Å². The number of rotatable bonds is 13. The van der Waals surface area contributed by atoms with E-state index in [0.29, 0.717) is 46.0 Å². The molecule has 4 rings (SSSR count). The first kappa shape index (κ1) is 27.3. The van der Waals surface area contributed by atoms with Crippen LogP contribution in [-0.4, -0.2) is 35.0 Å². The average Bonchev–Trinajstić information content (AvgIpc) is 3.59. The Morgan fingerprint density at radius 2 is 1.08 bits per heavy atom. The maximum atomic E-state index is 12.6. The molecule has 0 bridgehead atoms. The predicted octanol–water partition coefficient (Wildman–Crippen LogP) is 7.13. The van der Waals surface area contributed by atoms with E-state index in [9.17, 15) is 9.59 Å². The van der Waals surface area contributed by atoms with Gasteiger partial charge in [-0.25, -0.2) is 9.97 Å². The maximum Gasteiger partial charge on any atom is 0.257 e. The second-order valence-corrected chi connectivity index (χ2v) is 10.2. The van der Waals surface area contributed by atoms with E-state index in [1.54, 1.807) is 48.5 Å². The Hall–Kier alpha value is -3.76. The SMILES string of the molecule is CCCCOc1ccc(C(=O)Nc2nc(-c3csc(NC(=O)c4ccc(OCCCC)cc4)n3)cs2)cc1. The van der Waals surface area contributed by atoms with Gasteiger partial charge in [0.15, 0.2) is 10.3 Å². The van der Waals surface area contributed by atoms with Crippen LogP contribution in [0.15, 0.2) is 59.3 Å². The highest BCUT2D eigenvalue weighted by molar-refractivity contribution is 7.15. The Bertz CT molecular complexity index is 1230. The lowest BCUT2D eigenvalue weighted by Gasteiger charge is -2.06. The number of unbranched alkanes of at least 4 members (excludes halogenated alkanes) is 2. The van der Waals surface area contributed by atoms with Crippen molar-refractivity contribution in [1.82, 2.24) is 9.97 Å². The van der Waals surface area contributed by atoms with E-state index in [0.717, 1.165) is 37.2 Å². The Morgan fingerprint density at radius 1 is 0.684 bits per heavy atom. The number of hydrogen-bond donors (Lipinski definition) is 2. The van der Waals surface area contributed by atoms with E-state index < -0.39 is 0 Å². The zero-order valence-electron chi connectivity index (χ0n) is 21.4. The molecule has 2 N–H and O–H groups in total. The first-order valence-electron chi connectivity index (χ1n) is 12.6. The molecule has 0 radical (unpaired) electrons. The van der Waals surface area contributed by atoms with Gasteiger partial charge in [0.25, 0.3) is 11.8 Å². The minimum Gasteiger partial charge on any atom is -0.494 e. The molecule has 2 amide bonds. The summed E-state index contributed by atoms with van der Waals surface area (Å²) in [5.74, 6) is 0.982. The number of carbonyl (C=O) groups excluding carboxylic acids is 2. The molecular formula is C28H30N4O4S2. The van der Waals surface area contributed by atoms with Gasteiger partial charge in [-0.1, -0.05) is 26.7 Å². The number of hydrogen-bond acceptors (Lipinski definition) is 8. The fourth-order valence-electron chi connectivity index (χ4n) is 3.31. The van der Waals surface area contributed by atoms with Crippen molar-refractivity contribution >= 4 is 44.8 Å². The van der Waals surface area contributed by atoms with Gasteiger partial charge in [0.1, 0.15) is 22.9 Å². The highest BCUT2D eigenvalue weighted by Gasteiger charge is 2.14. The normalized spacial score (nSPS) is 10.7. The highest BCUT2D eigenvalue weighted by Crippen LogP contribution is 2.29. The first-order chi connectivity index (χ1) is 18.6. The van der Waals surface area contributed by atoms with Crippen LogP contribution in [0.1, 0.15) is 60.2 Å². The third-order valence-corrected chi connectivity index (χ3v) is 6.99. The summed E-state index contributed by atoms with van der Waals surface area (Å²) < 4.78 is 11.3. The van der Waals surface area contributed by atoms with E-state index in [2.05, 4.69) is 34.4 Å². The molecule has 4 aromatic rings. The van der Waals surface area contributed by atoms with Crippen LogP contribution in [0, 0.1) is 0 Å². The van der Waals surface area contributed by atoms with Crippen molar-refractivity contribution in [2.75, 3.05) is 23.8 Å². The van der Waals surface area contributed by atoms with Crippen LogP contribution in [0.25, 0.3) is 11.4 Å². The number of nitrogens with zero attached hydrogens (tertiary/aromatic N) is 2. The maximum absolute atomic E-state index is 12.6. The van der Waals surface area contributed by atoms with E-state index >= 15 is 0 Å². The number of benzene rings is 2. The standard InChI is InChI=1S/C28H30N4O4S2/c1-3-5-15-35-21-11-7-19(8-12-21)25(33)31-27-29-23(17-37-27)24-18-38-28(30-24)32-26(34)20-9-13-22(14-10-20)36-16-6-4-2/h7-14,17-18H,3-6,15-16H2,1-2H3,(H,29,31,33)(H,30,32,34). The third-order valence-electron chi connectivity index (χ3n) is 5.48. The molecule has 8 nitrogen and oxygen atoms in total. The summed E-state index contributed by atoms with van der Waals surface area (Å²) in [5.41, 5.74) is 2.28. The van der Waals surface area contributed by atoms with Crippen LogP contribution in [0.3, 0.4) is 0 Å². The van der Waals surface area contributed by atoms with Crippen LogP contribution in [0.2, 0.25) is 0 Å². The molecule has 0 unspecified atom stereocenters. The van der Waals surface area contributed by atoms with Gasteiger partial charge in [-0.3, -0.25) is 20.2 Å². The molecule has 0 saturated carbocycles. The lowest BCUT2D eigenvalue weighted by molar-refractivity contribution is 0.101. The van der Waals surface area contributed by atoms with Crippen LogP contribution >= 0.6 is 22.7 Å². The van der Waals surface area contributed by atoms with Crippen molar-refractivity contribution < 1.29 is 19.1 Å². The van der Waals surface area contributed by atoms with Gasteiger partial charge in [0.05, 0.1) is 13.2 Å². The molecular weight excluding hydrogens is 520 g/mol. The number of aromatic nitrogens is 2. The molecule has 198 valence electrons. The second kappa shape index (κ2) is 13.7. The van der Waals surface area contributed by atoms with Crippen molar-refractivity contribution in [2.45, 2.75) is 39.5 Å². The van der Waals surface area contributed by atoms with E-state index in [-0.39, 0.29) is 11.8 Å². The Balaban J connectivity index is 1.31. The molecule has 38 heavy (non-hydrogen) atoms. The number of thiazole rings is 2. The summed E-state index contributed by atoms with van der Waals surface area (Å²) in [6, 6.07) is 14.1. The minimum absolute atomic E-state index is 0.251. The second-order valence-electron chi connectivity index (χ2n) is 8.44. The number of amides is 2. The summed E-state index contributed by atoms with van der Waals surface area (Å²) >= 11 is 2.62. The van der Waals surface area contributed by atoms with Crippen LogP contribution in [0.4, 0.5) is 10.3 Å². The molecule has 2 heterocycles. The van der Waals surface area contributed by atoms with Gasteiger partial charge in [0, 0.05) is 21.9 Å². The smallest absolute Gasteiger partial charge is 0.257 e. The van der Waals surface area contributed by atoms with Gasteiger partial charge in [-0.2, -0.15) is 0 Å². The lowest BCUT2D eigenvalue weighted by atomic mass is 10.2. The zero-order valence-corrected chi connectivity index (χ0v) is 23.0. The van der Waals surface area contributed by atoms with Gasteiger partial charge >= 0.3 is 0 Å². The molecule has 10 heteroatoms. The fourth-order valence-corrected chi connectivity index (χ4v) is 4.71. The van der Waals surface area contributed by atoms with Crippen molar-refractivity contribution in [3.8, 4) is 22.9 Å². The third kappa shape index (κ3) is 7.62. The van der Waals surface area contributed by atoms with Crippen molar-refractivity contribution in [1.29, 1.82) is 0 Å². The molecule has 0 aliphatic heterocycles. The summed E-state index contributed by atoms with van der Waals surface area (Å²) in [5, 5.41) is 10.2. The van der Waals surface area contributed by atoms with E-state index in [4.69, 9.17) is 9.47 Å². The minimum atomic E-state index is -0.251. The quantitative estimate of drug-likeness (QED) is 0.172. The number of carbonyl (C=O) groups is 2. The summed E-state index contributed by atoms with van der Waals surface area (Å²) in [6.07, 6.45) is 4.11. The fraction of sp³-hybridized carbons (Fsp3) is 0.286. The monoisotopic (exact) mass is 550 g/mol. The molecule has 0 spiro atoms. The van der Waals surface area contributed by atoms with Crippen molar-refractivity contribution in [2.24, 2.45) is 0 Å². The molecule has 0 saturated heterocycles. The van der Waals surface area contributed by atoms with Crippen molar-refractivity contribution in [3.63, 3.8) is 0 Å². The summed E-state index contributed by atoms with van der Waals surface area (Å²) in [4.78, 5) is 34.2. The molecule has 2 aromatic heterocycles. The number of nitrogens with one attached hydrogen (secondary N) is 2. The van der Waals surface area contributed by atoms with Crippen LogP contribution in [-0.2, 0) is 0 Å².